The zero-order valence-electron chi connectivity index (χ0n) is 13.1. The number of aliphatic hydroxyl groups excluding tert-OH is 1. The summed E-state index contributed by atoms with van der Waals surface area (Å²) in [5.41, 5.74) is 1.06. The Kier molecular flexibility index (Phi) is 4.98. The van der Waals surface area contributed by atoms with E-state index >= 15 is 0 Å². The average molecular weight is 323 g/mol. The standard InChI is InChI=1S/C16H25N3O2S/c1-11-10-22-16(18-11)19-7-5-12(6-8-19)15(21)17-9-13-3-2-4-14(13)20/h10,12-14,20H,2-9H2,1H3,(H,17,21). The van der Waals surface area contributed by atoms with Crippen LogP contribution >= 0.6 is 11.3 Å². The molecule has 22 heavy (non-hydrogen) atoms. The zero-order chi connectivity index (χ0) is 15.5. The summed E-state index contributed by atoms with van der Waals surface area (Å²) in [5, 5.41) is 16.0. The molecule has 2 N–H and O–H groups in total. The van der Waals surface area contributed by atoms with Crippen LogP contribution in [0.2, 0.25) is 0 Å². The highest BCUT2D eigenvalue weighted by Crippen LogP contribution is 2.27. The van der Waals surface area contributed by atoms with Gasteiger partial charge >= 0.3 is 0 Å². The molecule has 122 valence electrons. The molecular weight excluding hydrogens is 298 g/mol. The number of nitrogens with one attached hydrogen (secondary N) is 1. The fourth-order valence-electron chi connectivity index (χ4n) is 3.45. The minimum Gasteiger partial charge on any atom is -0.393 e. The molecule has 0 radical (unpaired) electrons. The molecule has 2 heterocycles. The molecule has 2 atom stereocenters. The van der Waals surface area contributed by atoms with Crippen molar-refractivity contribution in [2.45, 2.75) is 45.1 Å². The molecule has 1 saturated carbocycles. The van der Waals surface area contributed by atoms with E-state index in [1.165, 1.54) is 0 Å². The first kappa shape index (κ1) is 15.7. The van der Waals surface area contributed by atoms with E-state index in [0.717, 1.165) is 56.0 Å². The van der Waals surface area contributed by atoms with E-state index in [1.807, 2.05) is 6.92 Å². The van der Waals surface area contributed by atoms with Crippen LogP contribution in [0, 0.1) is 18.8 Å². The second-order valence-corrected chi connectivity index (χ2v) is 7.37. The van der Waals surface area contributed by atoms with Crippen molar-refractivity contribution in [3.05, 3.63) is 11.1 Å². The van der Waals surface area contributed by atoms with Crippen LogP contribution in [-0.4, -0.2) is 41.7 Å². The van der Waals surface area contributed by atoms with Gasteiger partial charge in [-0.25, -0.2) is 4.98 Å². The molecule has 2 aliphatic rings. The number of rotatable bonds is 4. The maximum absolute atomic E-state index is 12.3. The van der Waals surface area contributed by atoms with Crippen molar-refractivity contribution < 1.29 is 9.90 Å². The molecule has 2 unspecified atom stereocenters. The van der Waals surface area contributed by atoms with Crippen LogP contribution < -0.4 is 10.2 Å². The Morgan fingerprint density at radius 2 is 2.18 bits per heavy atom. The van der Waals surface area contributed by atoms with Crippen molar-refractivity contribution in [1.82, 2.24) is 10.3 Å². The van der Waals surface area contributed by atoms with Crippen molar-refractivity contribution in [1.29, 1.82) is 0 Å². The summed E-state index contributed by atoms with van der Waals surface area (Å²) in [4.78, 5) is 19.1. The Labute approximate surface area is 135 Å². The molecule has 1 amide bonds. The first-order valence-corrected chi connectivity index (χ1v) is 9.14. The van der Waals surface area contributed by atoms with Gasteiger partial charge in [-0.1, -0.05) is 6.42 Å². The Morgan fingerprint density at radius 3 is 2.77 bits per heavy atom. The van der Waals surface area contributed by atoms with Crippen molar-refractivity contribution in [2.24, 2.45) is 11.8 Å². The predicted octanol–water partition coefficient (Wildman–Crippen LogP) is 1.95. The number of aliphatic hydroxyl groups is 1. The number of piperidine rings is 1. The topological polar surface area (TPSA) is 65.5 Å². The molecule has 1 saturated heterocycles. The van der Waals surface area contributed by atoms with Crippen LogP contribution in [0.15, 0.2) is 5.38 Å². The summed E-state index contributed by atoms with van der Waals surface area (Å²) in [6.07, 6.45) is 4.54. The molecule has 1 aromatic rings. The number of thiazole rings is 1. The SMILES string of the molecule is Cc1csc(N2CCC(C(=O)NCC3CCCC3O)CC2)n1. The molecule has 5 nitrogen and oxygen atoms in total. The van der Waals surface area contributed by atoms with Crippen molar-refractivity contribution in [3.8, 4) is 0 Å². The van der Waals surface area contributed by atoms with Crippen molar-refractivity contribution >= 4 is 22.4 Å². The Hall–Kier alpha value is -1.14. The number of anilines is 1. The highest BCUT2D eigenvalue weighted by molar-refractivity contribution is 7.13. The molecular formula is C16H25N3O2S. The fourth-order valence-corrected chi connectivity index (χ4v) is 4.31. The van der Waals surface area contributed by atoms with Crippen LogP contribution in [0.25, 0.3) is 0 Å². The third kappa shape index (κ3) is 3.60. The van der Waals surface area contributed by atoms with E-state index in [1.54, 1.807) is 11.3 Å². The van der Waals surface area contributed by atoms with Gasteiger partial charge in [-0.05, 0) is 32.6 Å². The number of aryl methyl sites for hydroxylation is 1. The van der Waals surface area contributed by atoms with E-state index < -0.39 is 0 Å². The van der Waals surface area contributed by atoms with E-state index in [9.17, 15) is 9.90 Å². The monoisotopic (exact) mass is 323 g/mol. The lowest BCUT2D eigenvalue weighted by Crippen LogP contribution is -2.42. The van der Waals surface area contributed by atoms with Gasteiger partial charge in [-0.2, -0.15) is 0 Å². The normalized spacial score (nSPS) is 26.4. The van der Waals surface area contributed by atoms with E-state index in [-0.39, 0.29) is 23.8 Å². The Morgan fingerprint density at radius 1 is 1.41 bits per heavy atom. The second kappa shape index (κ2) is 6.96. The second-order valence-electron chi connectivity index (χ2n) is 6.54. The Balaban J connectivity index is 1.43. The lowest BCUT2D eigenvalue weighted by molar-refractivity contribution is -0.125. The lowest BCUT2D eigenvalue weighted by Gasteiger charge is -2.31. The number of aromatic nitrogens is 1. The summed E-state index contributed by atoms with van der Waals surface area (Å²) >= 11 is 1.68. The van der Waals surface area contributed by atoms with Gasteiger partial charge in [0.05, 0.1) is 11.8 Å². The van der Waals surface area contributed by atoms with Gasteiger partial charge in [0, 0.05) is 36.9 Å². The molecule has 0 spiro atoms. The number of carbonyl (C=O) groups is 1. The van der Waals surface area contributed by atoms with Gasteiger partial charge in [0.15, 0.2) is 5.13 Å². The molecule has 6 heteroatoms. The third-order valence-electron chi connectivity index (χ3n) is 4.90. The van der Waals surface area contributed by atoms with E-state index in [0.29, 0.717) is 6.54 Å². The molecule has 2 fully saturated rings. The molecule has 1 aromatic heterocycles. The van der Waals surface area contributed by atoms with Crippen LogP contribution in [0.1, 0.15) is 37.8 Å². The maximum atomic E-state index is 12.3. The minimum atomic E-state index is -0.227. The van der Waals surface area contributed by atoms with Crippen LogP contribution in [-0.2, 0) is 4.79 Å². The molecule has 1 aliphatic carbocycles. The van der Waals surface area contributed by atoms with Crippen molar-refractivity contribution in [2.75, 3.05) is 24.5 Å². The molecule has 3 rings (SSSR count). The highest BCUT2D eigenvalue weighted by Gasteiger charge is 2.29. The van der Waals surface area contributed by atoms with Gasteiger partial charge < -0.3 is 15.3 Å². The van der Waals surface area contributed by atoms with Crippen LogP contribution in [0.5, 0.6) is 0 Å². The third-order valence-corrected chi connectivity index (χ3v) is 5.92. The average Bonchev–Trinajstić information content (AvgIpc) is 3.13. The minimum absolute atomic E-state index is 0.107. The van der Waals surface area contributed by atoms with Crippen LogP contribution in [0.4, 0.5) is 5.13 Å². The summed E-state index contributed by atoms with van der Waals surface area (Å²) < 4.78 is 0. The van der Waals surface area contributed by atoms with Gasteiger partial charge in [-0.15, -0.1) is 11.3 Å². The highest BCUT2D eigenvalue weighted by atomic mass is 32.1. The number of hydrogen-bond donors (Lipinski definition) is 2. The van der Waals surface area contributed by atoms with E-state index in [4.69, 9.17) is 0 Å². The quantitative estimate of drug-likeness (QED) is 0.889. The molecule has 1 aliphatic heterocycles. The summed E-state index contributed by atoms with van der Waals surface area (Å²) in [7, 11) is 0. The lowest BCUT2D eigenvalue weighted by atomic mass is 9.95. The van der Waals surface area contributed by atoms with E-state index in [2.05, 4.69) is 20.6 Å². The maximum Gasteiger partial charge on any atom is 0.223 e. The first-order chi connectivity index (χ1) is 10.6. The summed E-state index contributed by atoms with van der Waals surface area (Å²) in [5.74, 6) is 0.521. The Bertz CT molecular complexity index is 511. The number of carbonyl (C=O) groups excluding carboxylic acids is 1. The summed E-state index contributed by atoms with van der Waals surface area (Å²) in [6, 6.07) is 0. The van der Waals surface area contributed by atoms with Crippen molar-refractivity contribution in [3.63, 3.8) is 0 Å². The van der Waals surface area contributed by atoms with Crippen LogP contribution in [0.3, 0.4) is 0 Å². The summed E-state index contributed by atoms with van der Waals surface area (Å²) in [6.45, 7) is 4.44. The smallest absolute Gasteiger partial charge is 0.223 e. The molecule has 0 bridgehead atoms. The fraction of sp³-hybridized carbons (Fsp3) is 0.750. The van der Waals surface area contributed by atoms with Gasteiger partial charge in [0.25, 0.3) is 0 Å². The number of amides is 1. The van der Waals surface area contributed by atoms with Gasteiger partial charge in [0.2, 0.25) is 5.91 Å². The largest absolute Gasteiger partial charge is 0.393 e. The predicted molar refractivity (Wildman–Crippen MR) is 88.1 cm³/mol. The van der Waals surface area contributed by atoms with Gasteiger partial charge in [0.1, 0.15) is 0 Å². The molecule has 0 aromatic carbocycles. The first-order valence-electron chi connectivity index (χ1n) is 8.26. The van der Waals surface area contributed by atoms with Gasteiger partial charge in [-0.3, -0.25) is 4.79 Å². The number of hydrogen-bond acceptors (Lipinski definition) is 5. The zero-order valence-corrected chi connectivity index (χ0v) is 13.9. The number of nitrogens with zero attached hydrogens (tertiary/aromatic N) is 2.